The Morgan fingerprint density at radius 3 is 2.16 bits per heavy atom. The van der Waals surface area contributed by atoms with Crippen molar-refractivity contribution in [2.45, 2.75) is 76.3 Å². The molecule has 0 aromatic carbocycles. The van der Waals surface area contributed by atoms with Crippen LogP contribution in [0.3, 0.4) is 0 Å². The Hall–Kier alpha value is -1.72. The molecule has 10 nitrogen and oxygen atoms in total. The summed E-state index contributed by atoms with van der Waals surface area (Å²) in [5.41, 5.74) is 0. The van der Waals surface area contributed by atoms with Crippen molar-refractivity contribution in [1.82, 2.24) is 19.8 Å². The molecule has 0 aromatic heterocycles. The third-order valence-corrected chi connectivity index (χ3v) is 8.67. The van der Waals surface area contributed by atoms with Gasteiger partial charge in [0.15, 0.2) is 0 Å². The van der Waals surface area contributed by atoms with Crippen LogP contribution in [0.25, 0.3) is 0 Å². The molecule has 3 atom stereocenters. The number of piperazine rings is 1. The van der Waals surface area contributed by atoms with Crippen molar-refractivity contribution in [3.8, 4) is 0 Å². The van der Waals surface area contributed by atoms with E-state index in [1.807, 2.05) is 0 Å². The Balaban J connectivity index is 2.18. The summed E-state index contributed by atoms with van der Waals surface area (Å²) in [5, 5.41) is 14.8. The molecule has 2 aliphatic rings. The lowest BCUT2D eigenvalue weighted by Gasteiger charge is -2.42. The van der Waals surface area contributed by atoms with E-state index in [2.05, 4.69) is 10.6 Å². The van der Waals surface area contributed by atoms with Gasteiger partial charge in [0.05, 0.1) is 11.3 Å². The highest BCUT2D eigenvalue weighted by atomic mass is 32.2. The molecule has 1 aliphatic carbocycles. The second kappa shape index (κ2) is 10.7. The Morgan fingerprint density at radius 1 is 1.03 bits per heavy atom. The molecule has 0 bridgehead atoms. The Kier molecular flexibility index (Phi) is 8.84. The van der Waals surface area contributed by atoms with E-state index in [1.165, 1.54) is 9.21 Å². The number of aliphatic carboxylic acids is 1. The van der Waals surface area contributed by atoms with Gasteiger partial charge in [-0.15, -0.1) is 0 Å². The van der Waals surface area contributed by atoms with Gasteiger partial charge in [0.25, 0.3) is 0 Å². The van der Waals surface area contributed by atoms with Gasteiger partial charge in [-0.05, 0) is 32.7 Å². The van der Waals surface area contributed by atoms with E-state index in [-0.39, 0.29) is 31.5 Å². The van der Waals surface area contributed by atoms with Gasteiger partial charge in [0.2, 0.25) is 21.8 Å². The first-order chi connectivity index (χ1) is 14.5. The van der Waals surface area contributed by atoms with Crippen LogP contribution in [0.2, 0.25) is 0 Å². The number of amides is 2. The first-order valence-electron chi connectivity index (χ1n) is 11.0. The molecular formula is C20H36N4O6S. The van der Waals surface area contributed by atoms with E-state index in [0.717, 1.165) is 19.3 Å². The fraction of sp³-hybridized carbons (Fsp3) is 0.850. The van der Waals surface area contributed by atoms with Crippen LogP contribution in [-0.4, -0.2) is 90.6 Å². The number of hydrogen-bond acceptors (Lipinski definition) is 6. The standard InChI is InChI=1S/C20H36N4O6S/c1-13(2)17(22-18(25)14(3)21-4)19(26)24-11-10-23(12-16(24)20(27)28)31(29,30)15-8-6-5-7-9-15/h13-17,21H,5-12H2,1-4H3,(H,22,25)(H,27,28). The molecule has 1 saturated carbocycles. The fourth-order valence-corrected chi connectivity index (χ4v) is 6.18. The van der Waals surface area contributed by atoms with Crippen molar-refractivity contribution < 1.29 is 27.9 Å². The first-order valence-corrected chi connectivity index (χ1v) is 12.5. The highest BCUT2D eigenvalue weighted by Gasteiger charge is 2.44. The number of rotatable bonds is 8. The summed E-state index contributed by atoms with van der Waals surface area (Å²) >= 11 is 0. The lowest BCUT2D eigenvalue weighted by molar-refractivity contribution is -0.154. The van der Waals surface area contributed by atoms with Crippen LogP contribution in [0.4, 0.5) is 0 Å². The molecule has 0 spiro atoms. The zero-order valence-electron chi connectivity index (χ0n) is 18.8. The van der Waals surface area contributed by atoms with Crippen molar-refractivity contribution in [3.63, 3.8) is 0 Å². The molecule has 2 fully saturated rings. The van der Waals surface area contributed by atoms with Crippen molar-refractivity contribution >= 4 is 27.8 Å². The maximum atomic E-state index is 13.2. The van der Waals surface area contributed by atoms with Crippen LogP contribution < -0.4 is 10.6 Å². The van der Waals surface area contributed by atoms with Gasteiger partial charge in [-0.2, -0.15) is 4.31 Å². The van der Waals surface area contributed by atoms with Crippen molar-refractivity contribution in [2.75, 3.05) is 26.7 Å². The normalized spacial score (nSPS) is 23.4. The number of sulfonamides is 1. The fourth-order valence-electron chi connectivity index (χ4n) is 4.14. The van der Waals surface area contributed by atoms with E-state index < -0.39 is 45.3 Å². The van der Waals surface area contributed by atoms with Crippen LogP contribution >= 0.6 is 0 Å². The number of carboxylic acid groups (broad SMARTS) is 1. The summed E-state index contributed by atoms with van der Waals surface area (Å²) in [5.74, 6) is -2.39. The third-order valence-electron chi connectivity index (χ3n) is 6.30. The number of likely N-dealkylation sites (N-methyl/N-ethyl adjacent to an activating group) is 1. The predicted molar refractivity (Wildman–Crippen MR) is 116 cm³/mol. The van der Waals surface area contributed by atoms with E-state index >= 15 is 0 Å². The zero-order valence-corrected chi connectivity index (χ0v) is 19.7. The summed E-state index contributed by atoms with van der Waals surface area (Å²) in [6.07, 6.45) is 3.90. The molecule has 3 unspecified atom stereocenters. The smallest absolute Gasteiger partial charge is 0.327 e. The average molecular weight is 461 g/mol. The summed E-state index contributed by atoms with van der Waals surface area (Å²) in [6.45, 7) is 4.96. The van der Waals surface area contributed by atoms with E-state index in [0.29, 0.717) is 12.8 Å². The summed E-state index contributed by atoms with van der Waals surface area (Å²) in [6, 6.07) is -2.70. The number of carbonyl (C=O) groups is 3. The number of carboxylic acids is 1. The topological polar surface area (TPSA) is 136 Å². The van der Waals surface area contributed by atoms with E-state index in [4.69, 9.17) is 0 Å². The molecule has 178 valence electrons. The van der Waals surface area contributed by atoms with Gasteiger partial charge in [-0.25, -0.2) is 13.2 Å². The van der Waals surface area contributed by atoms with Gasteiger partial charge < -0.3 is 20.6 Å². The zero-order chi connectivity index (χ0) is 23.3. The van der Waals surface area contributed by atoms with Crippen LogP contribution in [0, 0.1) is 5.92 Å². The lowest BCUT2D eigenvalue weighted by atomic mass is 10.0. The second-order valence-corrected chi connectivity index (χ2v) is 11.0. The van der Waals surface area contributed by atoms with Gasteiger partial charge in [0, 0.05) is 19.6 Å². The molecule has 2 rings (SSSR count). The largest absolute Gasteiger partial charge is 0.480 e. The predicted octanol–water partition coefficient (Wildman–Crippen LogP) is -0.00500. The lowest BCUT2D eigenvalue weighted by Crippen LogP contribution is -2.64. The van der Waals surface area contributed by atoms with Crippen molar-refractivity contribution in [2.24, 2.45) is 5.92 Å². The SMILES string of the molecule is CNC(C)C(=O)NC(C(=O)N1CCN(S(=O)(=O)C2CCCCC2)CC1C(=O)O)C(C)C. The monoisotopic (exact) mass is 460 g/mol. The minimum Gasteiger partial charge on any atom is -0.480 e. The quantitative estimate of drug-likeness (QED) is 0.464. The van der Waals surface area contributed by atoms with Gasteiger partial charge >= 0.3 is 5.97 Å². The van der Waals surface area contributed by atoms with E-state index in [9.17, 15) is 27.9 Å². The van der Waals surface area contributed by atoms with Crippen molar-refractivity contribution in [1.29, 1.82) is 0 Å². The maximum Gasteiger partial charge on any atom is 0.327 e. The highest BCUT2D eigenvalue weighted by molar-refractivity contribution is 7.89. The summed E-state index contributed by atoms with van der Waals surface area (Å²) in [7, 11) is -1.99. The molecule has 1 aliphatic heterocycles. The Labute approximate surface area is 184 Å². The number of hydrogen-bond donors (Lipinski definition) is 3. The molecule has 11 heteroatoms. The maximum absolute atomic E-state index is 13.2. The number of nitrogens with one attached hydrogen (secondary N) is 2. The second-order valence-electron chi connectivity index (χ2n) is 8.79. The molecule has 2 amide bonds. The summed E-state index contributed by atoms with van der Waals surface area (Å²) in [4.78, 5) is 38.7. The molecular weight excluding hydrogens is 424 g/mol. The summed E-state index contributed by atoms with van der Waals surface area (Å²) < 4.78 is 27.3. The molecule has 1 heterocycles. The minimum atomic E-state index is -3.62. The first kappa shape index (κ1) is 25.5. The van der Waals surface area contributed by atoms with E-state index in [1.54, 1.807) is 27.8 Å². The van der Waals surface area contributed by atoms with Gasteiger partial charge in [0.1, 0.15) is 12.1 Å². The highest BCUT2D eigenvalue weighted by Crippen LogP contribution is 2.28. The van der Waals surface area contributed by atoms with Crippen LogP contribution in [-0.2, 0) is 24.4 Å². The number of nitrogens with zero attached hydrogens (tertiary/aromatic N) is 2. The van der Waals surface area contributed by atoms with Gasteiger partial charge in [-0.3, -0.25) is 9.59 Å². The Bertz CT molecular complexity index is 766. The van der Waals surface area contributed by atoms with Gasteiger partial charge in [-0.1, -0.05) is 33.1 Å². The third kappa shape index (κ3) is 5.95. The molecule has 31 heavy (non-hydrogen) atoms. The van der Waals surface area contributed by atoms with Crippen LogP contribution in [0.5, 0.6) is 0 Å². The van der Waals surface area contributed by atoms with Crippen LogP contribution in [0.15, 0.2) is 0 Å². The molecule has 3 N–H and O–H groups in total. The average Bonchev–Trinajstić information content (AvgIpc) is 2.76. The molecule has 0 radical (unpaired) electrons. The molecule has 0 aromatic rings. The minimum absolute atomic E-state index is 0.0254. The van der Waals surface area contributed by atoms with Crippen molar-refractivity contribution in [3.05, 3.63) is 0 Å². The Morgan fingerprint density at radius 2 is 1.65 bits per heavy atom. The number of carbonyl (C=O) groups excluding carboxylic acids is 2. The molecule has 1 saturated heterocycles. The van der Waals surface area contributed by atoms with Crippen LogP contribution in [0.1, 0.15) is 52.9 Å².